The zero-order valence-corrected chi connectivity index (χ0v) is 27.6. The van der Waals surface area contributed by atoms with Crippen molar-refractivity contribution in [2.45, 2.75) is 69.4 Å². The van der Waals surface area contributed by atoms with Crippen LogP contribution in [0.1, 0.15) is 32.6 Å². The van der Waals surface area contributed by atoms with E-state index in [4.69, 9.17) is 21.1 Å². The first kappa shape index (κ1) is 34.8. The molecule has 1 saturated carbocycles. The minimum Gasteiger partial charge on any atom is -0.479 e. The van der Waals surface area contributed by atoms with E-state index < -0.39 is 52.5 Å². The van der Waals surface area contributed by atoms with Crippen molar-refractivity contribution < 1.29 is 47.9 Å². The maximum atomic E-state index is 13.9. The Bertz CT molecular complexity index is 1730. The van der Waals surface area contributed by atoms with E-state index in [9.17, 15) is 38.4 Å². The second-order valence-electron chi connectivity index (χ2n) is 11.9. The van der Waals surface area contributed by atoms with Gasteiger partial charge in [-0.15, -0.1) is 0 Å². The quantitative estimate of drug-likeness (QED) is 0.253. The topological polar surface area (TPSA) is 205 Å². The Morgan fingerprint density at radius 2 is 1.77 bits per heavy atom. The van der Waals surface area contributed by atoms with Gasteiger partial charge in [0.25, 0.3) is 0 Å². The molecule has 1 aliphatic carbocycles. The molecule has 256 valence electrons. The predicted molar refractivity (Wildman–Crippen MR) is 172 cm³/mol. The molecule has 4 N–H and O–H groups in total. The summed E-state index contributed by atoms with van der Waals surface area (Å²) in [7, 11) is 0.332. The lowest BCUT2D eigenvalue weighted by Gasteiger charge is -2.38. The molecule has 1 saturated heterocycles. The summed E-state index contributed by atoms with van der Waals surface area (Å²) < 4.78 is 36.5. The van der Waals surface area contributed by atoms with Gasteiger partial charge in [0.2, 0.25) is 6.29 Å². The second kappa shape index (κ2) is 13.9. The van der Waals surface area contributed by atoms with Crippen molar-refractivity contribution in [3.05, 3.63) is 41.8 Å². The normalized spacial score (nSPS) is 26.6. The zero-order valence-electron chi connectivity index (χ0n) is 26.0. The van der Waals surface area contributed by atoms with Crippen molar-refractivity contribution in [1.82, 2.24) is 14.5 Å². The summed E-state index contributed by atoms with van der Waals surface area (Å²) in [5.41, 5.74) is 0.458. The number of rotatable bonds is 9. The van der Waals surface area contributed by atoms with Crippen LogP contribution in [0.5, 0.6) is 5.75 Å². The van der Waals surface area contributed by atoms with Crippen LogP contribution < -0.4 is 14.5 Å². The molecule has 1 aromatic carbocycles. The van der Waals surface area contributed by atoms with Crippen molar-refractivity contribution in [2.24, 2.45) is 5.92 Å². The molecular weight excluding hydrogens is 658 g/mol. The number of aliphatic hydroxyl groups is 3. The fourth-order valence-electron chi connectivity index (χ4n) is 6.11. The van der Waals surface area contributed by atoms with Gasteiger partial charge in [0.15, 0.2) is 11.8 Å². The average Bonchev–Trinajstić information content (AvgIpc) is 3.49. The van der Waals surface area contributed by atoms with Gasteiger partial charge in [0.1, 0.15) is 46.0 Å². The van der Waals surface area contributed by atoms with E-state index in [0.29, 0.717) is 16.9 Å². The first-order chi connectivity index (χ1) is 22.2. The molecule has 1 aliphatic heterocycles. The highest BCUT2D eigenvalue weighted by molar-refractivity contribution is 7.91. The first-order valence-corrected chi connectivity index (χ1v) is 17.3. The summed E-state index contributed by atoms with van der Waals surface area (Å²) in [4.78, 5) is 37.5. The third kappa shape index (κ3) is 7.17. The molecule has 2 aliphatic rings. The van der Waals surface area contributed by atoms with Crippen LogP contribution in [-0.2, 0) is 19.4 Å². The minimum atomic E-state index is -3.04. The molecule has 0 unspecified atom stereocenters. The van der Waals surface area contributed by atoms with Crippen molar-refractivity contribution >= 4 is 56.0 Å². The first-order valence-electron chi connectivity index (χ1n) is 15.1. The summed E-state index contributed by atoms with van der Waals surface area (Å²) in [6, 6.07) is 5.55. The SMILES string of the molecule is CCS(=O)(=O)CC1CCC(N(C)c2ncnc3c2ccn3C(=O)N(C)c2cc(Cl)ccc2O[C@@H]2O[C@H](C(=O)O)[C@@H](O)[C@H](O)[C@H]2O)CC1. The van der Waals surface area contributed by atoms with Gasteiger partial charge in [-0.3, -0.25) is 9.47 Å². The number of anilines is 2. The number of carbonyl (C=O) groups excluding carboxylic acids is 1. The van der Waals surface area contributed by atoms with Crippen LogP contribution in [0.2, 0.25) is 5.02 Å². The number of amides is 1. The Morgan fingerprint density at radius 1 is 1.06 bits per heavy atom. The van der Waals surface area contributed by atoms with Crippen LogP contribution in [0.15, 0.2) is 36.8 Å². The van der Waals surface area contributed by atoms with Crippen LogP contribution in [0.4, 0.5) is 16.3 Å². The number of carboxylic acids is 1. The molecule has 0 bridgehead atoms. The van der Waals surface area contributed by atoms with Gasteiger partial charge < -0.3 is 34.8 Å². The molecular formula is C30H38ClN5O10S. The number of aliphatic carboxylic acids is 1. The van der Waals surface area contributed by atoms with Crippen LogP contribution in [0.25, 0.3) is 11.0 Å². The fraction of sp³-hybridized carbons (Fsp3) is 0.533. The fourth-order valence-corrected chi connectivity index (χ4v) is 7.57. The van der Waals surface area contributed by atoms with E-state index in [2.05, 4.69) is 9.97 Å². The van der Waals surface area contributed by atoms with Gasteiger partial charge in [-0.2, -0.15) is 0 Å². The lowest BCUT2D eigenvalue weighted by molar-refractivity contribution is -0.271. The number of carboxylic acid groups (broad SMARTS) is 1. The maximum Gasteiger partial charge on any atom is 0.335 e. The number of sulfone groups is 1. The molecule has 2 aromatic heterocycles. The molecule has 15 nitrogen and oxygen atoms in total. The number of aliphatic hydroxyl groups excluding tert-OH is 3. The number of hydrogen-bond donors (Lipinski definition) is 4. The smallest absolute Gasteiger partial charge is 0.335 e. The van der Waals surface area contributed by atoms with E-state index in [-0.39, 0.29) is 39.9 Å². The predicted octanol–water partition coefficient (Wildman–Crippen LogP) is 1.89. The number of hydrogen-bond acceptors (Lipinski definition) is 12. The number of benzene rings is 1. The van der Waals surface area contributed by atoms with E-state index in [1.807, 2.05) is 11.9 Å². The average molecular weight is 696 g/mol. The summed E-state index contributed by atoms with van der Waals surface area (Å²) in [5.74, 6) is -0.496. The zero-order chi connectivity index (χ0) is 34.2. The van der Waals surface area contributed by atoms with Crippen LogP contribution in [0, 0.1) is 5.92 Å². The second-order valence-corrected chi connectivity index (χ2v) is 14.7. The van der Waals surface area contributed by atoms with Gasteiger partial charge >= 0.3 is 12.0 Å². The Hall–Kier alpha value is -3.54. The molecule has 47 heavy (non-hydrogen) atoms. The van der Waals surface area contributed by atoms with Gasteiger partial charge in [0, 0.05) is 37.1 Å². The van der Waals surface area contributed by atoms with Crippen molar-refractivity contribution in [3.8, 4) is 5.75 Å². The summed E-state index contributed by atoms with van der Waals surface area (Å²) in [6.07, 6.45) is -3.08. The van der Waals surface area contributed by atoms with Crippen molar-refractivity contribution in [2.75, 3.05) is 35.4 Å². The van der Waals surface area contributed by atoms with Crippen LogP contribution in [0.3, 0.4) is 0 Å². The Kier molecular flexibility index (Phi) is 10.3. The number of ether oxygens (including phenoxy) is 2. The van der Waals surface area contributed by atoms with Crippen LogP contribution in [-0.4, -0.2) is 118 Å². The van der Waals surface area contributed by atoms with Gasteiger partial charge in [-0.25, -0.2) is 28.0 Å². The minimum absolute atomic E-state index is 0.0316. The maximum absolute atomic E-state index is 13.9. The van der Waals surface area contributed by atoms with E-state index in [0.717, 1.165) is 25.7 Å². The van der Waals surface area contributed by atoms with E-state index >= 15 is 0 Å². The Morgan fingerprint density at radius 3 is 2.43 bits per heavy atom. The molecule has 0 radical (unpaired) electrons. The monoisotopic (exact) mass is 695 g/mol. The van der Waals surface area contributed by atoms with E-state index in [1.54, 1.807) is 19.2 Å². The lowest BCUT2D eigenvalue weighted by atomic mass is 9.86. The highest BCUT2D eigenvalue weighted by Crippen LogP contribution is 2.36. The number of aromatic nitrogens is 3. The summed E-state index contributed by atoms with van der Waals surface area (Å²) >= 11 is 6.25. The molecule has 5 atom stereocenters. The van der Waals surface area contributed by atoms with E-state index in [1.165, 1.54) is 41.0 Å². The van der Waals surface area contributed by atoms with Crippen LogP contribution >= 0.6 is 11.6 Å². The summed E-state index contributed by atoms with van der Waals surface area (Å²) in [6.45, 7) is 1.67. The third-order valence-electron chi connectivity index (χ3n) is 8.92. The summed E-state index contributed by atoms with van der Waals surface area (Å²) in [5, 5.41) is 40.9. The molecule has 1 amide bonds. The molecule has 5 rings (SSSR count). The number of carbonyl (C=O) groups is 2. The molecule has 3 heterocycles. The van der Waals surface area contributed by atoms with Gasteiger partial charge in [-0.1, -0.05) is 18.5 Å². The highest BCUT2D eigenvalue weighted by atomic mass is 35.5. The van der Waals surface area contributed by atoms with Crippen molar-refractivity contribution in [3.63, 3.8) is 0 Å². The van der Waals surface area contributed by atoms with Gasteiger partial charge in [0.05, 0.1) is 16.8 Å². The number of nitrogens with zero attached hydrogens (tertiary/aromatic N) is 5. The standard InChI is InChI=1S/C30H38ClN5O10S/c1-4-47(43,44)14-16-5-8-18(9-6-16)34(2)26-19-11-12-36(27(19)33-15-32-26)30(42)35(3)20-13-17(31)7-10-21(20)45-29-24(39)22(37)23(38)25(46-29)28(40)41/h7,10-13,15-16,18,22-25,29,37-39H,4-6,8-9,14H2,1-3H3,(H,40,41)/t16?,18?,22-,23-,24+,25-,29+/m0/s1. The Balaban J connectivity index is 1.36. The molecule has 3 aromatic rings. The third-order valence-corrected chi connectivity index (χ3v) is 11.0. The Labute approximate surface area is 276 Å². The van der Waals surface area contributed by atoms with Gasteiger partial charge in [-0.05, 0) is 55.9 Å². The van der Waals surface area contributed by atoms with Crippen molar-refractivity contribution in [1.29, 1.82) is 0 Å². The number of halogens is 1. The lowest BCUT2D eigenvalue weighted by Crippen LogP contribution is -2.61. The largest absolute Gasteiger partial charge is 0.479 e. The molecule has 17 heteroatoms. The molecule has 2 fully saturated rings. The molecule has 0 spiro atoms. The highest BCUT2D eigenvalue weighted by Gasteiger charge is 2.48. The number of fused-ring (bicyclic) bond motifs is 1.